The second kappa shape index (κ2) is 35.6. The van der Waals surface area contributed by atoms with Crippen molar-refractivity contribution in [3.8, 4) is 0 Å². The van der Waals surface area contributed by atoms with Crippen LogP contribution in [0, 0.1) is 5.41 Å². The summed E-state index contributed by atoms with van der Waals surface area (Å²) >= 11 is 5.44. The normalized spacial score (nSPS) is 15.5. The van der Waals surface area contributed by atoms with Crippen molar-refractivity contribution in [3.63, 3.8) is 0 Å². The molecule has 0 bridgehead atoms. The van der Waals surface area contributed by atoms with Gasteiger partial charge in [-0.3, -0.25) is 19.2 Å². The molecule has 0 spiro atoms. The van der Waals surface area contributed by atoms with E-state index in [1.54, 1.807) is 0 Å². The standard InChI is InChI=1S/C55H52ClF51O7/c56-27(108)16-23-31(17-10-24-112-28(109)13-4-1-7-20-32(57,58)35(63,64)38(69,70)41(75,76)44(81,82)47(87,88)50(93,94)53(99,100)101,18-11-25-113-29(110)14-5-2-8-21-33(59,60)36(65,66)39(71,72)42(77,78)45(83,84)48(89,90)51(95,96)54(102,103)104)19-12-26-114-30(111)15-6-3-9-22-34(61,62)37(67,68)40(73,74)43(79,80)46(85,86)49(91,92)52(97,98)55(105,106)107/h1-26H2. The van der Waals surface area contributed by atoms with Gasteiger partial charge >= 0.3 is 161 Å². The van der Waals surface area contributed by atoms with Gasteiger partial charge in [0.25, 0.3) is 0 Å². The van der Waals surface area contributed by atoms with Gasteiger partial charge in [0.05, 0.1) is 19.8 Å². The number of carbonyl (C=O) groups is 4. The molecule has 0 heterocycles. The van der Waals surface area contributed by atoms with Crippen molar-refractivity contribution >= 4 is 34.8 Å². The number of carbonyl (C=O) groups excluding carboxylic acids is 4. The number of rotatable bonds is 51. The molecular weight excluding hydrogens is 1780 g/mol. The molecule has 0 aliphatic carbocycles. The van der Waals surface area contributed by atoms with E-state index in [9.17, 15) is 243 Å². The van der Waals surface area contributed by atoms with Crippen molar-refractivity contribution in [3.05, 3.63) is 0 Å². The van der Waals surface area contributed by atoms with Gasteiger partial charge in [0.2, 0.25) is 5.24 Å². The number of unbranched alkanes of at least 4 members (excludes halogenated alkanes) is 6. The molecule has 0 atom stereocenters. The van der Waals surface area contributed by atoms with Crippen LogP contribution < -0.4 is 0 Å². The van der Waals surface area contributed by atoms with Crippen LogP contribution in [0.15, 0.2) is 0 Å². The fraction of sp³-hybridized carbons (Fsp3) is 0.927. The number of hydrogen-bond acceptors (Lipinski definition) is 7. The largest absolute Gasteiger partial charge is 0.466 e. The van der Waals surface area contributed by atoms with Gasteiger partial charge in [-0.15, -0.1) is 0 Å². The average molecular weight is 1830 g/mol. The van der Waals surface area contributed by atoms with Crippen molar-refractivity contribution in [1.82, 2.24) is 0 Å². The molecule has 678 valence electrons. The zero-order chi connectivity index (χ0) is 91.3. The fourth-order valence-corrected chi connectivity index (χ4v) is 9.76. The Morgan fingerprint density at radius 3 is 0.518 bits per heavy atom. The average Bonchev–Trinajstić information content (AvgIpc) is 0.705. The number of alkyl halides is 51. The SMILES string of the molecule is O=C(Cl)CCC(CCCOC(=O)CCCCCC(F)(F)C(F)(F)C(F)(F)C(F)(F)C(F)(F)C(F)(F)C(F)(F)C(F)(F)F)(CCCOC(=O)CCCCCC(F)(F)C(F)(F)C(F)(F)C(F)(F)C(F)(F)C(F)(F)C(F)(F)C(F)(F)F)CCCOC(=O)CCCCCC(F)(F)C(F)(F)C(F)(F)C(F)(F)C(F)(F)C(F)(F)C(F)(F)C(F)(F)F. The lowest BCUT2D eigenvalue weighted by molar-refractivity contribution is -0.461. The Balaban J connectivity index is 6.53. The summed E-state index contributed by atoms with van der Waals surface area (Å²) in [6.45, 7) is -2.61. The van der Waals surface area contributed by atoms with E-state index in [0.717, 1.165) is 0 Å². The summed E-state index contributed by atoms with van der Waals surface area (Å²) in [6, 6.07) is 0. The summed E-state index contributed by atoms with van der Waals surface area (Å²) in [7, 11) is 0. The van der Waals surface area contributed by atoms with E-state index in [1.165, 1.54) is 0 Å². The molecule has 0 N–H and O–H groups in total. The third-order valence-corrected chi connectivity index (χ3v) is 16.9. The minimum atomic E-state index is -8.92. The highest BCUT2D eigenvalue weighted by Crippen LogP contribution is 2.69. The molecule has 114 heavy (non-hydrogen) atoms. The number of ether oxygens (including phenoxy) is 3. The first-order valence-electron chi connectivity index (χ1n) is 30.8. The lowest BCUT2D eigenvalue weighted by Gasteiger charge is -2.42. The molecule has 0 aliphatic rings. The predicted molar refractivity (Wildman–Crippen MR) is 274 cm³/mol. The monoisotopic (exact) mass is 1830 g/mol. The maximum absolute atomic E-state index is 14.4. The van der Waals surface area contributed by atoms with E-state index in [0.29, 0.717) is 0 Å². The van der Waals surface area contributed by atoms with Crippen molar-refractivity contribution in [2.75, 3.05) is 19.8 Å². The van der Waals surface area contributed by atoms with Gasteiger partial charge in [-0.1, -0.05) is 19.3 Å². The zero-order valence-corrected chi connectivity index (χ0v) is 56.2. The first kappa shape index (κ1) is 109. The molecule has 0 aromatic rings. The Morgan fingerprint density at radius 1 is 0.184 bits per heavy atom. The first-order valence-corrected chi connectivity index (χ1v) is 31.1. The van der Waals surface area contributed by atoms with E-state index in [4.69, 9.17) is 25.8 Å². The molecule has 0 saturated carbocycles. The Bertz CT molecular complexity index is 2830. The van der Waals surface area contributed by atoms with Crippen molar-refractivity contribution in [2.45, 2.75) is 291 Å². The Morgan fingerprint density at radius 2 is 0.351 bits per heavy atom. The maximum atomic E-state index is 14.4. The fourth-order valence-electron chi connectivity index (χ4n) is 9.67. The lowest BCUT2D eigenvalue weighted by atomic mass is 9.72. The van der Waals surface area contributed by atoms with E-state index < -0.39 is 339 Å². The Kier molecular flexibility index (Phi) is 34.0. The first-order chi connectivity index (χ1) is 50.0. The highest BCUT2D eigenvalue weighted by molar-refractivity contribution is 6.63. The molecule has 0 aromatic heterocycles. The lowest BCUT2D eigenvalue weighted by Crippen LogP contribution is -2.74. The van der Waals surface area contributed by atoms with Gasteiger partial charge in [0, 0.05) is 44.9 Å². The zero-order valence-electron chi connectivity index (χ0n) is 55.4. The van der Waals surface area contributed by atoms with Crippen LogP contribution >= 0.6 is 11.6 Å². The van der Waals surface area contributed by atoms with Crippen molar-refractivity contribution < 1.29 is 257 Å². The van der Waals surface area contributed by atoms with E-state index >= 15 is 0 Å². The smallest absolute Gasteiger partial charge is 0.460 e. The van der Waals surface area contributed by atoms with E-state index in [2.05, 4.69) is 0 Å². The van der Waals surface area contributed by atoms with Crippen LogP contribution in [0.4, 0.5) is 224 Å². The number of hydrogen-bond donors (Lipinski definition) is 0. The van der Waals surface area contributed by atoms with E-state index in [1.807, 2.05) is 0 Å². The van der Waals surface area contributed by atoms with Gasteiger partial charge in [0.1, 0.15) is 0 Å². The molecule has 0 saturated heterocycles. The van der Waals surface area contributed by atoms with Crippen LogP contribution in [0.5, 0.6) is 0 Å². The topological polar surface area (TPSA) is 96.0 Å². The molecule has 0 rings (SSSR count). The molecule has 0 aromatic carbocycles. The van der Waals surface area contributed by atoms with Gasteiger partial charge in [0.15, 0.2) is 0 Å². The quantitative estimate of drug-likeness (QED) is 0.0197. The summed E-state index contributed by atoms with van der Waals surface area (Å²) in [5.74, 6) is -180. The minimum absolute atomic E-state index is 0.444. The molecule has 7 nitrogen and oxygen atoms in total. The van der Waals surface area contributed by atoms with Gasteiger partial charge in [-0.2, -0.15) is 224 Å². The van der Waals surface area contributed by atoms with Crippen LogP contribution in [-0.2, 0) is 33.4 Å². The van der Waals surface area contributed by atoms with Crippen molar-refractivity contribution in [2.24, 2.45) is 5.41 Å². The predicted octanol–water partition coefficient (Wildman–Crippen LogP) is 24.4. The Labute approximate surface area is 607 Å². The summed E-state index contributed by atoms with van der Waals surface area (Å²) in [4.78, 5) is 49.3. The number of halogens is 52. The highest BCUT2D eigenvalue weighted by atomic mass is 35.5. The van der Waals surface area contributed by atoms with Crippen LogP contribution in [0.2, 0.25) is 0 Å². The summed E-state index contributed by atoms with van der Waals surface area (Å²) in [5, 5.41) is -1.21. The van der Waals surface area contributed by atoms with E-state index in [-0.39, 0.29) is 0 Å². The molecule has 59 heteroatoms. The van der Waals surface area contributed by atoms with Crippen LogP contribution in [-0.4, -0.2) is 186 Å². The third-order valence-electron chi connectivity index (χ3n) is 16.7. The summed E-state index contributed by atoms with van der Waals surface area (Å²) in [5.41, 5.74) is -1.55. The van der Waals surface area contributed by atoms with Gasteiger partial charge in [-0.05, 0) is 100 Å². The molecular formula is C55H52ClF51O7. The summed E-state index contributed by atoms with van der Waals surface area (Å²) in [6.07, 6.45) is -51.3. The Hall–Kier alpha value is -5.20. The van der Waals surface area contributed by atoms with Gasteiger partial charge in [-0.25, -0.2) is 0 Å². The maximum Gasteiger partial charge on any atom is 0.460 e. The molecule has 0 amide bonds. The second-order valence-corrected chi connectivity index (χ2v) is 25.4. The van der Waals surface area contributed by atoms with Crippen LogP contribution in [0.3, 0.4) is 0 Å². The number of esters is 3. The van der Waals surface area contributed by atoms with Crippen LogP contribution in [0.1, 0.15) is 148 Å². The van der Waals surface area contributed by atoms with Crippen molar-refractivity contribution in [1.29, 1.82) is 0 Å². The molecule has 0 unspecified atom stereocenters. The third kappa shape index (κ3) is 20.6. The summed E-state index contributed by atoms with van der Waals surface area (Å²) < 4.78 is 709. The molecule has 0 radical (unpaired) electrons. The minimum Gasteiger partial charge on any atom is -0.466 e. The second-order valence-electron chi connectivity index (χ2n) is 25.0. The van der Waals surface area contributed by atoms with Gasteiger partial charge < -0.3 is 14.2 Å². The molecule has 0 fully saturated rings. The highest BCUT2D eigenvalue weighted by Gasteiger charge is 2.98. The van der Waals surface area contributed by atoms with Crippen LogP contribution in [0.25, 0.3) is 0 Å². The molecule has 0 aliphatic heterocycles.